The van der Waals surface area contributed by atoms with E-state index in [4.69, 9.17) is 9.84 Å². The van der Waals surface area contributed by atoms with E-state index in [1.807, 2.05) is 31.2 Å². The molecule has 21 heavy (non-hydrogen) atoms. The Bertz CT molecular complexity index is 641. The molecule has 0 spiro atoms. The maximum absolute atomic E-state index is 10.9. The second kappa shape index (κ2) is 6.74. The molecule has 0 unspecified atom stereocenters. The van der Waals surface area contributed by atoms with Crippen LogP contribution in [0.15, 0.2) is 36.4 Å². The lowest BCUT2D eigenvalue weighted by molar-refractivity contribution is 0.0695. The van der Waals surface area contributed by atoms with E-state index in [-0.39, 0.29) is 5.56 Å². The van der Waals surface area contributed by atoms with Crippen molar-refractivity contribution in [2.75, 3.05) is 18.5 Å². The number of carboxylic acids is 1. The molecule has 0 fully saturated rings. The summed E-state index contributed by atoms with van der Waals surface area (Å²) in [6, 6.07) is 11.1. The summed E-state index contributed by atoms with van der Waals surface area (Å²) in [4.78, 5) is 15.1. The summed E-state index contributed by atoms with van der Waals surface area (Å²) >= 11 is 0. The molecule has 0 saturated heterocycles. The number of anilines is 1. The first kappa shape index (κ1) is 14.8. The minimum atomic E-state index is -0.964. The molecule has 0 bridgehead atoms. The van der Waals surface area contributed by atoms with E-state index in [9.17, 15) is 4.79 Å². The summed E-state index contributed by atoms with van der Waals surface area (Å²) in [7, 11) is 0. The van der Waals surface area contributed by atoms with Crippen molar-refractivity contribution in [3.8, 4) is 5.75 Å². The van der Waals surface area contributed by atoms with E-state index >= 15 is 0 Å². The third-order valence-corrected chi connectivity index (χ3v) is 2.98. The monoisotopic (exact) mass is 286 g/mol. The van der Waals surface area contributed by atoms with Crippen molar-refractivity contribution in [1.29, 1.82) is 0 Å². The van der Waals surface area contributed by atoms with Gasteiger partial charge in [0.2, 0.25) is 0 Å². The molecule has 1 heterocycles. The quantitative estimate of drug-likeness (QED) is 0.799. The lowest BCUT2D eigenvalue weighted by atomic mass is 10.2. The van der Waals surface area contributed by atoms with Crippen molar-refractivity contribution in [1.82, 2.24) is 4.98 Å². The Morgan fingerprint density at radius 1 is 1.29 bits per heavy atom. The topological polar surface area (TPSA) is 71.5 Å². The number of pyridine rings is 1. The Labute approximate surface area is 123 Å². The van der Waals surface area contributed by atoms with E-state index in [0.717, 1.165) is 11.3 Å². The van der Waals surface area contributed by atoms with Gasteiger partial charge in [-0.3, -0.25) is 0 Å². The third kappa shape index (κ3) is 4.21. The highest BCUT2D eigenvalue weighted by Crippen LogP contribution is 2.13. The number of aromatic carboxylic acids is 1. The first-order valence-electron chi connectivity index (χ1n) is 6.70. The summed E-state index contributed by atoms with van der Waals surface area (Å²) in [5, 5.41) is 12.0. The summed E-state index contributed by atoms with van der Waals surface area (Å²) in [5.41, 5.74) is 1.87. The molecule has 0 atom stereocenters. The average molecular weight is 286 g/mol. The van der Waals surface area contributed by atoms with Crippen molar-refractivity contribution in [2.24, 2.45) is 0 Å². The minimum Gasteiger partial charge on any atom is -0.492 e. The molecule has 2 rings (SSSR count). The molecule has 0 aliphatic rings. The zero-order valence-electron chi connectivity index (χ0n) is 12.1. The highest BCUT2D eigenvalue weighted by atomic mass is 16.5. The fourth-order valence-corrected chi connectivity index (χ4v) is 1.94. The van der Waals surface area contributed by atoms with Crippen LogP contribution < -0.4 is 10.1 Å². The van der Waals surface area contributed by atoms with Crippen molar-refractivity contribution >= 4 is 11.8 Å². The SMILES string of the molecule is Cc1cccc(OCCNc2ccc(C(=O)O)c(C)n2)c1. The largest absolute Gasteiger partial charge is 0.492 e. The summed E-state index contributed by atoms with van der Waals surface area (Å²) in [5.74, 6) is 0.516. The fraction of sp³-hybridized carbons (Fsp3) is 0.250. The molecule has 0 aliphatic carbocycles. The Balaban J connectivity index is 1.84. The standard InChI is InChI=1S/C16H18N2O3/c1-11-4-3-5-13(10-11)21-9-8-17-15-7-6-14(16(19)20)12(2)18-15/h3-7,10H,8-9H2,1-2H3,(H,17,18)(H,19,20). The highest BCUT2D eigenvalue weighted by Gasteiger charge is 2.08. The highest BCUT2D eigenvalue weighted by molar-refractivity contribution is 5.89. The van der Waals surface area contributed by atoms with Gasteiger partial charge in [-0.2, -0.15) is 0 Å². The second-order valence-electron chi connectivity index (χ2n) is 4.73. The van der Waals surface area contributed by atoms with Crippen molar-refractivity contribution in [2.45, 2.75) is 13.8 Å². The molecule has 0 radical (unpaired) electrons. The van der Waals surface area contributed by atoms with E-state index in [0.29, 0.717) is 24.7 Å². The van der Waals surface area contributed by atoms with Gasteiger partial charge in [-0.15, -0.1) is 0 Å². The zero-order valence-corrected chi connectivity index (χ0v) is 12.1. The number of nitrogens with one attached hydrogen (secondary N) is 1. The van der Waals surface area contributed by atoms with Crippen molar-refractivity contribution in [3.05, 3.63) is 53.2 Å². The predicted molar refractivity (Wildman–Crippen MR) is 81.1 cm³/mol. The van der Waals surface area contributed by atoms with Crippen LogP contribution in [-0.2, 0) is 0 Å². The number of ether oxygens (including phenoxy) is 1. The number of hydrogen-bond donors (Lipinski definition) is 2. The minimum absolute atomic E-state index is 0.219. The number of nitrogens with zero attached hydrogens (tertiary/aromatic N) is 1. The Morgan fingerprint density at radius 3 is 2.76 bits per heavy atom. The van der Waals surface area contributed by atoms with E-state index in [2.05, 4.69) is 10.3 Å². The lowest BCUT2D eigenvalue weighted by Gasteiger charge is -2.09. The molecule has 5 nitrogen and oxygen atoms in total. The van der Waals surface area contributed by atoms with Crippen LogP contribution in [0.25, 0.3) is 0 Å². The van der Waals surface area contributed by atoms with Crippen LogP contribution in [0, 0.1) is 13.8 Å². The molecule has 110 valence electrons. The summed E-state index contributed by atoms with van der Waals surface area (Å²) in [6.07, 6.45) is 0. The predicted octanol–water partition coefficient (Wildman–Crippen LogP) is 2.89. The lowest BCUT2D eigenvalue weighted by Crippen LogP contribution is -2.13. The molecule has 0 aliphatic heterocycles. The Morgan fingerprint density at radius 2 is 2.10 bits per heavy atom. The maximum atomic E-state index is 10.9. The normalized spacial score (nSPS) is 10.2. The van der Waals surface area contributed by atoms with Crippen LogP contribution in [0.2, 0.25) is 0 Å². The van der Waals surface area contributed by atoms with Gasteiger partial charge in [0.25, 0.3) is 0 Å². The van der Waals surface area contributed by atoms with Crippen LogP contribution in [0.5, 0.6) is 5.75 Å². The van der Waals surface area contributed by atoms with Crippen LogP contribution in [0.3, 0.4) is 0 Å². The van der Waals surface area contributed by atoms with Gasteiger partial charge in [-0.1, -0.05) is 12.1 Å². The molecule has 2 N–H and O–H groups in total. The third-order valence-electron chi connectivity index (χ3n) is 2.98. The molecule has 0 saturated carbocycles. The van der Waals surface area contributed by atoms with Crippen LogP contribution >= 0.6 is 0 Å². The van der Waals surface area contributed by atoms with Crippen molar-refractivity contribution < 1.29 is 14.6 Å². The number of rotatable bonds is 6. The number of carbonyl (C=O) groups is 1. The van der Waals surface area contributed by atoms with Gasteiger partial charge >= 0.3 is 5.97 Å². The molecule has 0 amide bonds. The second-order valence-corrected chi connectivity index (χ2v) is 4.73. The van der Waals surface area contributed by atoms with Gasteiger partial charge in [-0.25, -0.2) is 9.78 Å². The zero-order chi connectivity index (χ0) is 15.2. The van der Waals surface area contributed by atoms with Gasteiger partial charge in [0.15, 0.2) is 0 Å². The van der Waals surface area contributed by atoms with Crippen LogP contribution in [0.4, 0.5) is 5.82 Å². The number of benzene rings is 1. The van der Waals surface area contributed by atoms with Gasteiger partial charge in [0, 0.05) is 0 Å². The molecule has 1 aromatic carbocycles. The number of aryl methyl sites for hydroxylation is 2. The number of carboxylic acid groups (broad SMARTS) is 1. The van der Waals surface area contributed by atoms with E-state index in [1.54, 1.807) is 19.1 Å². The van der Waals surface area contributed by atoms with Crippen LogP contribution in [-0.4, -0.2) is 29.2 Å². The van der Waals surface area contributed by atoms with E-state index < -0.39 is 5.97 Å². The Kier molecular flexibility index (Phi) is 4.77. The molecule has 2 aromatic rings. The number of aromatic nitrogens is 1. The van der Waals surface area contributed by atoms with Crippen molar-refractivity contribution in [3.63, 3.8) is 0 Å². The van der Waals surface area contributed by atoms with E-state index in [1.165, 1.54) is 0 Å². The van der Waals surface area contributed by atoms with Gasteiger partial charge < -0.3 is 15.2 Å². The Hall–Kier alpha value is -2.56. The number of hydrogen-bond acceptors (Lipinski definition) is 4. The maximum Gasteiger partial charge on any atom is 0.337 e. The van der Waals surface area contributed by atoms with Gasteiger partial charge in [-0.05, 0) is 43.7 Å². The fourth-order valence-electron chi connectivity index (χ4n) is 1.94. The first-order chi connectivity index (χ1) is 10.1. The summed E-state index contributed by atoms with van der Waals surface area (Å²) < 4.78 is 5.62. The van der Waals surface area contributed by atoms with Gasteiger partial charge in [0.05, 0.1) is 17.8 Å². The molecular weight excluding hydrogens is 268 g/mol. The van der Waals surface area contributed by atoms with Gasteiger partial charge in [0.1, 0.15) is 18.2 Å². The summed E-state index contributed by atoms with van der Waals surface area (Å²) in [6.45, 7) is 4.79. The average Bonchev–Trinajstić information content (AvgIpc) is 2.43. The molecule has 1 aromatic heterocycles. The smallest absolute Gasteiger partial charge is 0.337 e. The first-order valence-corrected chi connectivity index (χ1v) is 6.70. The molecule has 5 heteroatoms. The van der Waals surface area contributed by atoms with Crippen LogP contribution in [0.1, 0.15) is 21.6 Å². The molecular formula is C16H18N2O3.